The van der Waals surface area contributed by atoms with E-state index < -0.39 is 11.9 Å². The molecule has 0 aromatic carbocycles. The summed E-state index contributed by atoms with van der Waals surface area (Å²) in [4.78, 5) is 9.74. The molecule has 0 radical (unpaired) electrons. The maximum atomic E-state index is 9.74. The number of aliphatic carboxylic acids is 1. The van der Waals surface area contributed by atoms with Crippen LogP contribution in [0.25, 0.3) is 0 Å². The number of rotatable bonds is 2. The third-order valence-corrected chi connectivity index (χ3v) is 0.756. The Bertz CT molecular complexity index is 76.4. The van der Waals surface area contributed by atoms with Crippen LogP contribution in [-0.2, 0) is 4.79 Å². The molecule has 0 aliphatic rings. The summed E-state index contributed by atoms with van der Waals surface area (Å²) < 4.78 is 0. The third-order valence-electron chi connectivity index (χ3n) is 0.756. The summed E-state index contributed by atoms with van der Waals surface area (Å²) in [5, 5.41) is 9.74. The van der Waals surface area contributed by atoms with Gasteiger partial charge in [-0.05, 0) is 0 Å². The van der Waals surface area contributed by atoms with Crippen molar-refractivity contribution in [2.24, 2.45) is 11.7 Å². The van der Waals surface area contributed by atoms with Crippen LogP contribution >= 0.6 is 0 Å². The van der Waals surface area contributed by atoms with Gasteiger partial charge in [0.15, 0.2) is 0 Å². The topological polar surface area (TPSA) is 66.2 Å². The zero-order valence-electron chi connectivity index (χ0n) is 5.18. The van der Waals surface area contributed by atoms with E-state index in [1.807, 2.05) is 0 Å². The zero-order chi connectivity index (χ0) is 5.86. The molecule has 1 atom stereocenters. The molecule has 0 bridgehead atoms. The Morgan fingerprint density at radius 3 is 2.25 bits per heavy atom. The van der Waals surface area contributed by atoms with Crippen molar-refractivity contribution < 1.29 is 39.5 Å². The van der Waals surface area contributed by atoms with Crippen molar-refractivity contribution in [2.45, 2.75) is 6.92 Å². The van der Waals surface area contributed by atoms with Crippen LogP contribution in [0.4, 0.5) is 0 Å². The van der Waals surface area contributed by atoms with Crippen LogP contribution in [-0.4, -0.2) is 12.5 Å². The SMILES string of the molecule is CC(CN)C(=O)[O-].[Na+]. The second-order valence-electron chi connectivity index (χ2n) is 1.46. The van der Waals surface area contributed by atoms with E-state index in [0.717, 1.165) is 0 Å². The Labute approximate surface area is 70.5 Å². The number of carboxylic acid groups (broad SMARTS) is 1. The molecule has 1 unspecified atom stereocenters. The Morgan fingerprint density at radius 1 is 1.88 bits per heavy atom. The molecule has 3 nitrogen and oxygen atoms in total. The smallest absolute Gasteiger partial charge is 0.550 e. The standard InChI is InChI=1S/C4H9NO2.Na/c1-3(2-5)4(6)7;/h3H,2,5H2,1H3,(H,6,7);/q;+1/p-1. The minimum Gasteiger partial charge on any atom is -0.550 e. The van der Waals surface area contributed by atoms with Crippen molar-refractivity contribution in [3.63, 3.8) is 0 Å². The van der Waals surface area contributed by atoms with Gasteiger partial charge in [-0.2, -0.15) is 0 Å². The van der Waals surface area contributed by atoms with Crippen LogP contribution < -0.4 is 40.4 Å². The summed E-state index contributed by atoms with van der Waals surface area (Å²) in [6.07, 6.45) is 0. The van der Waals surface area contributed by atoms with Crippen molar-refractivity contribution in [1.29, 1.82) is 0 Å². The van der Waals surface area contributed by atoms with E-state index >= 15 is 0 Å². The molecule has 4 heteroatoms. The first-order chi connectivity index (χ1) is 3.18. The molecule has 0 spiro atoms. The van der Waals surface area contributed by atoms with Crippen molar-refractivity contribution in [3.8, 4) is 0 Å². The van der Waals surface area contributed by atoms with Crippen LogP contribution in [0.5, 0.6) is 0 Å². The van der Waals surface area contributed by atoms with Crippen LogP contribution in [0.15, 0.2) is 0 Å². The maximum Gasteiger partial charge on any atom is 1.00 e. The molecule has 2 N–H and O–H groups in total. The Kier molecular flexibility index (Phi) is 7.83. The minimum atomic E-state index is -1.08. The summed E-state index contributed by atoms with van der Waals surface area (Å²) >= 11 is 0. The van der Waals surface area contributed by atoms with Gasteiger partial charge in [0.2, 0.25) is 0 Å². The quantitative estimate of drug-likeness (QED) is 0.377. The van der Waals surface area contributed by atoms with Gasteiger partial charge in [-0.3, -0.25) is 0 Å². The Morgan fingerprint density at radius 2 is 2.25 bits per heavy atom. The van der Waals surface area contributed by atoms with Crippen LogP contribution in [0.3, 0.4) is 0 Å². The summed E-state index contributed by atoms with van der Waals surface area (Å²) in [6, 6.07) is 0. The average Bonchev–Trinajstić information content (AvgIpc) is 1.65. The fourth-order valence-electron chi connectivity index (χ4n) is 0.0962. The molecule has 0 rings (SSSR count). The molecule has 0 heterocycles. The number of carbonyl (C=O) groups excluding carboxylic acids is 1. The number of carbonyl (C=O) groups is 1. The van der Waals surface area contributed by atoms with Gasteiger partial charge >= 0.3 is 29.6 Å². The van der Waals surface area contributed by atoms with Gasteiger partial charge in [0.05, 0.1) is 0 Å². The monoisotopic (exact) mass is 125 g/mol. The maximum absolute atomic E-state index is 9.74. The van der Waals surface area contributed by atoms with Crippen LogP contribution in [0, 0.1) is 5.92 Å². The van der Waals surface area contributed by atoms with Gasteiger partial charge in [-0.1, -0.05) is 6.92 Å². The first-order valence-electron chi connectivity index (χ1n) is 2.09. The molecular weight excluding hydrogens is 117 g/mol. The zero-order valence-corrected chi connectivity index (χ0v) is 7.18. The normalized spacial score (nSPS) is 11.8. The van der Waals surface area contributed by atoms with Gasteiger partial charge in [0.1, 0.15) is 0 Å². The van der Waals surface area contributed by atoms with Crippen LogP contribution in [0.1, 0.15) is 6.92 Å². The van der Waals surface area contributed by atoms with Crippen molar-refractivity contribution in [1.82, 2.24) is 0 Å². The molecule has 0 aromatic rings. The van der Waals surface area contributed by atoms with E-state index in [4.69, 9.17) is 5.73 Å². The number of hydrogen-bond acceptors (Lipinski definition) is 3. The summed E-state index contributed by atoms with van der Waals surface area (Å²) in [7, 11) is 0. The van der Waals surface area contributed by atoms with Gasteiger partial charge in [0, 0.05) is 18.4 Å². The van der Waals surface area contributed by atoms with E-state index in [0.29, 0.717) is 0 Å². The molecule has 8 heavy (non-hydrogen) atoms. The van der Waals surface area contributed by atoms with Crippen molar-refractivity contribution in [3.05, 3.63) is 0 Å². The minimum absolute atomic E-state index is 0. The Hall–Kier alpha value is 0.430. The first-order valence-corrected chi connectivity index (χ1v) is 2.09. The molecular formula is C4H8NNaO2. The molecule has 0 aliphatic heterocycles. The summed E-state index contributed by atoms with van der Waals surface area (Å²) in [5.41, 5.74) is 4.95. The summed E-state index contributed by atoms with van der Waals surface area (Å²) in [6.45, 7) is 1.66. The Balaban J connectivity index is 0. The van der Waals surface area contributed by atoms with Crippen molar-refractivity contribution in [2.75, 3.05) is 6.54 Å². The molecule has 0 saturated heterocycles. The van der Waals surface area contributed by atoms with Crippen LogP contribution in [0.2, 0.25) is 0 Å². The van der Waals surface area contributed by atoms with E-state index in [2.05, 4.69) is 0 Å². The molecule has 0 aliphatic carbocycles. The van der Waals surface area contributed by atoms with E-state index in [1.165, 1.54) is 6.92 Å². The fourth-order valence-corrected chi connectivity index (χ4v) is 0.0962. The fraction of sp³-hybridized carbons (Fsp3) is 0.750. The second-order valence-corrected chi connectivity index (χ2v) is 1.46. The number of nitrogens with two attached hydrogens (primary N) is 1. The number of hydrogen-bond donors (Lipinski definition) is 1. The molecule has 0 saturated carbocycles. The van der Waals surface area contributed by atoms with E-state index in [9.17, 15) is 9.90 Å². The summed E-state index contributed by atoms with van der Waals surface area (Å²) in [5.74, 6) is -1.59. The largest absolute Gasteiger partial charge is 1.00 e. The van der Waals surface area contributed by atoms with Gasteiger partial charge in [0.25, 0.3) is 0 Å². The molecule has 0 fully saturated rings. The van der Waals surface area contributed by atoms with Crippen molar-refractivity contribution >= 4 is 5.97 Å². The second kappa shape index (κ2) is 5.56. The van der Waals surface area contributed by atoms with E-state index in [-0.39, 0.29) is 36.1 Å². The first kappa shape index (κ1) is 11.3. The molecule has 0 aromatic heterocycles. The average molecular weight is 125 g/mol. The van der Waals surface area contributed by atoms with Gasteiger partial charge < -0.3 is 15.6 Å². The van der Waals surface area contributed by atoms with Gasteiger partial charge in [-0.15, -0.1) is 0 Å². The predicted octanol–water partition coefficient (Wildman–Crippen LogP) is -4.66. The number of carboxylic acids is 1. The predicted molar refractivity (Wildman–Crippen MR) is 23.2 cm³/mol. The molecule has 0 amide bonds. The van der Waals surface area contributed by atoms with E-state index in [1.54, 1.807) is 0 Å². The third kappa shape index (κ3) is 4.59. The van der Waals surface area contributed by atoms with Gasteiger partial charge in [-0.25, -0.2) is 0 Å². The molecule has 42 valence electrons.